The Morgan fingerprint density at radius 1 is 0.907 bits per heavy atom. The molecular weight excluding hydrogens is 596 g/mol. The molecular formula is C28H32F8N2O5. The number of carbonyl (C=O) groups excluding carboxylic acids is 1. The van der Waals surface area contributed by atoms with Crippen LogP contribution >= 0.6 is 0 Å². The normalized spacial score (nSPS) is 13.0. The molecule has 0 saturated carbocycles. The van der Waals surface area contributed by atoms with Crippen molar-refractivity contribution in [2.45, 2.75) is 63.3 Å². The lowest BCUT2D eigenvalue weighted by atomic mass is 10.0. The molecule has 2 aromatic carbocycles. The van der Waals surface area contributed by atoms with Crippen LogP contribution in [-0.2, 0) is 22.5 Å². The number of alkyl halides is 7. The molecule has 2 rings (SSSR count). The fraction of sp³-hybridized carbons (Fsp3) is 0.500. The van der Waals surface area contributed by atoms with Crippen LogP contribution in [0.5, 0.6) is 5.75 Å². The van der Waals surface area contributed by atoms with Gasteiger partial charge in [0.05, 0.1) is 6.54 Å². The fourth-order valence-corrected chi connectivity index (χ4v) is 3.85. The second-order valence-electron chi connectivity index (χ2n) is 9.48. The van der Waals surface area contributed by atoms with Gasteiger partial charge in [0, 0.05) is 32.5 Å². The number of nitrogens with one attached hydrogen (secondary N) is 1. The molecule has 15 heteroatoms. The molecule has 7 nitrogen and oxygen atoms in total. The maximum absolute atomic E-state index is 13.6. The molecule has 2 aromatic rings. The van der Waals surface area contributed by atoms with Crippen molar-refractivity contribution in [3.8, 4) is 5.75 Å². The van der Waals surface area contributed by atoms with Gasteiger partial charge < -0.3 is 24.8 Å². The van der Waals surface area contributed by atoms with Crippen LogP contribution in [0, 0.1) is 5.82 Å². The average molecular weight is 629 g/mol. The van der Waals surface area contributed by atoms with E-state index in [1.807, 2.05) is 0 Å². The van der Waals surface area contributed by atoms with Gasteiger partial charge in [0.15, 0.2) is 6.10 Å². The molecule has 1 atom stereocenters. The van der Waals surface area contributed by atoms with Crippen molar-refractivity contribution >= 4 is 12.0 Å². The molecule has 43 heavy (non-hydrogen) atoms. The summed E-state index contributed by atoms with van der Waals surface area (Å²) in [6.07, 6.45) is -10.1. The quantitative estimate of drug-likeness (QED) is 0.155. The number of urea groups is 1. The van der Waals surface area contributed by atoms with Crippen molar-refractivity contribution in [3.05, 3.63) is 65.5 Å². The largest absolute Gasteiger partial charge is 0.492 e. The Hall–Kier alpha value is -3.62. The molecule has 0 radical (unpaired) electrons. The summed E-state index contributed by atoms with van der Waals surface area (Å²) in [5.74, 6) is -12.8. The number of hydrogen-bond acceptors (Lipinski definition) is 4. The third kappa shape index (κ3) is 10.9. The molecule has 0 fully saturated rings. The van der Waals surface area contributed by atoms with Crippen LogP contribution in [0.25, 0.3) is 0 Å². The number of amides is 2. The highest BCUT2D eigenvalue weighted by atomic mass is 19.4. The average Bonchev–Trinajstić information content (AvgIpc) is 2.93. The van der Waals surface area contributed by atoms with E-state index in [0.29, 0.717) is 16.9 Å². The number of nitrogens with zero attached hydrogens (tertiary/aromatic N) is 1. The van der Waals surface area contributed by atoms with Crippen LogP contribution in [0.3, 0.4) is 0 Å². The SMILES string of the molecule is CCOC(Cc1ccc(OCCN(CCCCC(F)(F)C(F)(F)C(F)(F)F)C(=O)NCc2ccc(F)cc2)cc1)C(=O)O. The van der Waals surface area contributed by atoms with E-state index < -0.39 is 54.8 Å². The number of benzene rings is 2. The number of carbonyl (C=O) groups is 2. The number of ether oxygens (including phenoxy) is 2. The van der Waals surface area contributed by atoms with Crippen LogP contribution in [0.4, 0.5) is 39.9 Å². The molecule has 2 amide bonds. The van der Waals surface area contributed by atoms with Gasteiger partial charge in [-0.25, -0.2) is 14.0 Å². The predicted molar refractivity (Wildman–Crippen MR) is 139 cm³/mol. The third-order valence-corrected chi connectivity index (χ3v) is 6.25. The number of carboxylic acids is 1. The highest BCUT2D eigenvalue weighted by Crippen LogP contribution is 2.48. The Morgan fingerprint density at radius 3 is 2.07 bits per heavy atom. The molecule has 0 aliphatic rings. The summed E-state index contributed by atoms with van der Waals surface area (Å²) in [7, 11) is 0. The number of rotatable bonds is 17. The van der Waals surface area contributed by atoms with Crippen molar-refractivity contribution in [1.29, 1.82) is 0 Å². The van der Waals surface area contributed by atoms with Crippen molar-refractivity contribution in [3.63, 3.8) is 0 Å². The standard InChI is InChI=1S/C28H32F8N2O5/c1-2-42-23(24(39)40)17-19-7-11-22(12-8-19)43-16-15-38(25(41)37-18-20-5-9-21(29)10-6-20)14-4-3-13-26(30,31)27(32,33)28(34,35)36/h5-12,23H,2-4,13-18H2,1H3,(H,37,41)(H,39,40). The van der Waals surface area contributed by atoms with E-state index in [1.165, 1.54) is 24.3 Å². The second kappa shape index (κ2) is 15.7. The number of aliphatic carboxylic acids is 1. The van der Waals surface area contributed by atoms with Gasteiger partial charge in [-0.2, -0.15) is 30.7 Å². The molecule has 1 unspecified atom stereocenters. The minimum absolute atomic E-state index is 0.0348. The molecule has 0 aliphatic carbocycles. The summed E-state index contributed by atoms with van der Waals surface area (Å²) in [6.45, 7) is 1.36. The Kier molecular flexibility index (Phi) is 13.0. The van der Waals surface area contributed by atoms with Gasteiger partial charge in [0.2, 0.25) is 0 Å². The van der Waals surface area contributed by atoms with Gasteiger partial charge in [-0.15, -0.1) is 0 Å². The summed E-state index contributed by atoms with van der Waals surface area (Å²) < 4.78 is 115. The molecule has 2 N–H and O–H groups in total. The summed E-state index contributed by atoms with van der Waals surface area (Å²) in [5, 5.41) is 11.8. The molecule has 0 saturated heterocycles. The zero-order chi connectivity index (χ0) is 32.3. The van der Waals surface area contributed by atoms with E-state index in [-0.39, 0.29) is 45.7 Å². The number of carboxylic acid groups (broad SMARTS) is 1. The Balaban J connectivity index is 1.98. The lowest BCUT2D eigenvalue weighted by molar-refractivity contribution is -0.355. The van der Waals surface area contributed by atoms with Crippen molar-refractivity contribution < 1.29 is 59.3 Å². The van der Waals surface area contributed by atoms with E-state index in [0.717, 1.165) is 4.90 Å². The lowest BCUT2D eigenvalue weighted by Gasteiger charge is -2.28. The Labute approximate surface area is 242 Å². The molecule has 240 valence electrons. The van der Waals surface area contributed by atoms with Crippen LogP contribution < -0.4 is 10.1 Å². The maximum Gasteiger partial charge on any atom is 0.459 e. The van der Waals surface area contributed by atoms with Crippen molar-refractivity contribution in [2.24, 2.45) is 0 Å². The van der Waals surface area contributed by atoms with E-state index in [2.05, 4.69) is 5.32 Å². The van der Waals surface area contributed by atoms with Gasteiger partial charge in [-0.3, -0.25) is 0 Å². The first-order valence-corrected chi connectivity index (χ1v) is 13.2. The van der Waals surface area contributed by atoms with Crippen molar-refractivity contribution in [1.82, 2.24) is 10.2 Å². The first-order chi connectivity index (χ1) is 20.1. The zero-order valence-electron chi connectivity index (χ0n) is 23.1. The van der Waals surface area contributed by atoms with Crippen LogP contribution in [-0.4, -0.2) is 72.4 Å². The smallest absolute Gasteiger partial charge is 0.459 e. The first-order valence-electron chi connectivity index (χ1n) is 13.2. The lowest BCUT2D eigenvalue weighted by Crippen LogP contribution is -2.51. The predicted octanol–water partition coefficient (Wildman–Crippen LogP) is 6.45. The van der Waals surface area contributed by atoms with Gasteiger partial charge in [-0.05, 0) is 55.2 Å². The third-order valence-electron chi connectivity index (χ3n) is 6.25. The van der Waals surface area contributed by atoms with E-state index in [1.54, 1.807) is 31.2 Å². The van der Waals surface area contributed by atoms with Gasteiger partial charge >= 0.3 is 30.0 Å². The second-order valence-corrected chi connectivity index (χ2v) is 9.48. The molecule has 0 aromatic heterocycles. The topological polar surface area (TPSA) is 88.1 Å². The minimum Gasteiger partial charge on any atom is -0.492 e. The fourth-order valence-electron chi connectivity index (χ4n) is 3.85. The van der Waals surface area contributed by atoms with Crippen molar-refractivity contribution in [2.75, 3.05) is 26.3 Å². The van der Waals surface area contributed by atoms with E-state index in [9.17, 15) is 49.8 Å². The molecule has 0 bridgehead atoms. The summed E-state index contributed by atoms with van der Waals surface area (Å²) in [4.78, 5) is 25.2. The van der Waals surface area contributed by atoms with Gasteiger partial charge in [-0.1, -0.05) is 24.3 Å². The molecule has 0 heterocycles. The minimum atomic E-state index is -6.42. The number of halogens is 8. The van der Waals surface area contributed by atoms with Crippen LogP contribution in [0.2, 0.25) is 0 Å². The zero-order valence-corrected chi connectivity index (χ0v) is 23.1. The molecule has 0 aliphatic heterocycles. The highest BCUT2D eigenvalue weighted by molar-refractivity contribution is 5.74. The van der Waals surface area contributed by atoms with Crippen LogP contribution in [0.15, 0.2) is 48.5 Å². The van der Waals surface area contributed by atoms with E-state index in [4.69, 9.17) is 9.47 Å². The monoisotopic (exact) mass is 628 g/mol. The summed E-state index contributed by atoms with van der Waals surface area (Å²) in [6, 6.07) is 10.8. The first kappa shape index (κ1) is 35.6. The van der Waals surface area contributed by atoms with Crippen LogP contribution in [0.1, 0.15) is 37.3 Å². The summed E-state index contributed by atoms with van der Waals surface area (Å²) >= 11 is 0. The van der Waals surface area contributed by atoms with E-state index >= 15 is 0 Å². The molecule has 0 spiro atoms. The number of unbranched alkanes of at least 4 members (excludes halogenated alkanes) is 1. The summed E-state index contributed by atoms with van der Waals surface area (Å²) in [5.41, 5.74) is 1.19. The Morgan fingerprint density at radius 2 is 1.51 bits per heavy atom. The Bertz CT molecular complexity index is 1160. The maximum atomic E-state index is 13.6. The van der Waals surface area contributed by atoms with Gasteiger partial charge in [0.25, 0.3) is 0 Å². The highest BCUT2D eigenvalue weighted by Gasteiger charge is 2.72. The van der Waals surface area contributed by atoms with Gasteiger partial charge in [0.1, 0.15) is 18.2 Å². The number of hydrogen-bond donors (Lipinski definition) is 2.